The SMILES string of the molecule is CCCC(=O)Nc1nccc2c1CN(C(C)c1cnc(OCC(F)F)c(C)c1)C2=O. The predicted molar refractivity (Wildman–Crippen MR) is 107 cm³/mol. The normalized spacial score (nSPS) is 14.1. The van der Waals surface area contributed by atoms with E-state index in [-0.39, 0.29) is 23.7 Å². The number of hydrogen-bond donors (Lipinski definition) is 1. The van der Waals surface area contributed by atoms with Crippen LogP contribution < -0.4 is 10.1 Å². The van der Waals surface area contributed by atoms with Gasteiger partial charge in [0, 0.05) is 35.5 Å². The Kier molecular flexibility index (Phi) is 6.59. The molecule has 0 radical (unpaired) electrons. The van der Waals surface area contributed by atoms with E-state index in [1.54, 1.807) is 24.0 Å². The number of halogens is 2. The van der Waals surface area contributed by atoms with Gasteiger partial charge in [-0.1, -0.05) is 6.92 Å². The Morgan fingerprint density at radius 1 is 1.37 bits per heavy atom. The number of hydrogen-bond acceptors (Lipinski definition) is 5. The second kappa shape index (κ2) is 9.15. The highest BCUT2D eigenvalue weighted by atomic mass is 19.3. The van der Waals surface area contributed by atoms with Crippen LogP contribution in [0.25, 0.3) is 0 Å². The van der Waals surface area contributed by atoms with Crippen molar-refractivity contribution in [3.05, 3.63) is 46.8 Å². The summed E-state index contributed by atoms with van der Waals surface area (Å²) in [5.74, 6) is 0.240. The van der Waals surface area contributed by atoms with Crippen LogP contribution in [0.1, 0.15) is 59.8 Å². The maximum atomic E-state index is 13.0. The molecule has 160 valence electrons. The molecule has 3 heterocycles. The lowest BCUT2D eigenvalue weighted by atomic mass is 10.1. The number of alkyl halides is 2. The smallest absolute Gasteiger partial charge is 0.272 e. The number of nitrogens with zero attached hydrogens (tertiary/aromatic N) is 3. The number of carbonyl (C=O) groups is 2. The number of rotatable bonds is 8. The van der Waals surface area contributed by atoms with Crippen LogP contribution in [0.5, 0.6) is 5.88 Å². The lowest BCUT2D eigenvalue weighted by molar-refractivity contribution is -0.116. The summed E-state index contributed by atoms with van der Waals surface area (Å²) in [6.45, 7) is 5.07. The molecule has 0 saturated heterocycles. The van der Waals surface area contributed by atoms with Gasteiger partial charge in [-0.3, -0.25) is 9.59 Å². The molecule has 1 aliphatic rings. The molecule has 30 heavy (non-hydrogen) atoms. The third-order valence-electron chi connectivity index (χ3n) is 4.96. The number of pyridine rings is 2. The summed E-state index contributed by atoms with van der Waals surface area (Å²) in [5.41, 5.74) is 2.55. The van der Waals surface area contributed by atoms with Gasteiger partial charge in [0.25, 0.3) is 12.3 Å². The van der Waals surface area contributed by atoms with Gasteiger partial charge in [0.1, 0.15) is 5.82 Å². The molecule has 2 amide bonds. The van der Waals surface area contributed by atoms with Gasteiger partial charge in [-0.15, -0.1) is 0 Å². The van der Waals surface area contributed by atoms with Crippen molar-refractivity contribution >= 4 is 17.6 Å². The monoisotopic (exact) mass is 418 g/mol. The zero-order valence-electron chi connectivity index (χ0n) is 17.1. The molecule has 0 aliphatic carbocycles. The fraction of sp³-hybridized carbons (Fsp3) is 0.429. The minimum absolute atomic E-state index is 0.142. The maximum absolute atomic E-state index is 13.0. The van der Waals surface area contributed by atoms with Crippen LogP contribution in [-0.4, -0.2) is 39.7 Å². The van der Waals surface area contributed by atoms with Gasteiger partial charge in [0.2, 0.25) is 11.8 Å². The van der Waals surface area contributed by atoms with Crippen molar-refractivity contribution in [3.8, 4) is 5.88 Å². The zero-order valence-corrected chi connectivity index (χ0v) is 17.1. The Hall–Kier alpha value is -3.10. The van der Waals surface area contributed by atoms with Crippen molar-refractivity contribution in [2.45, 2.75) is 52.6 Å². The highest BCUT2D eigenvalue weighted by molar-refractivity contribution is 6.01. The van der Waals surface area contributed by atoms with E-state index in [0.29, 0.717) is 41.9 Å². The van der Waals surface area contributed by atoms with Crippen LogP contribution in [0.15, 0.2) is 24.5 Å². The Balaban J connectivity index is 1.79. The van der Waals surface area contributed by atoms with E-state index in [1.165, 1.54) is 12.4 Å². The zero-order chi connectivity index (χ0) is 21.8. The first kappa shape index (κ1) is 21.6. The number of anilines is 1. The number of amides is 2. The van der Waals surface area contributed by atoms with E-state index in [4.69, 9.17) is 4.74 Å². The van der Waals surface area contributed by atoms with E-state index >= 15 is 0 Å². The van der Waals surface area contributed by atoms with Crippen molar-refractivity contribution in [3.63, 3.8) is 0 Å². The van der Waals surface area contributed by atoms with Crippen molar-refractivity contribution < 1.29 is 23.1 Å². The van der Waals surface area contributed by atoms with Gasteiger partial charge >= 0.3 is 0 Å². The minimum Gasteiger partial charge on any atom is -0.471 e. The van der Waals surface area contributed by atoms with Gasteiger partial charge < -0.3 is 15.0 Å². The summed E-state index contributed by atoms with van der Waals surface area (Å²) >= 11 is 0. The standard InChI is InChI=1S/C21H24F2N4O3/c1-4-5-18(28)26-19-16-10-27(21(29)15(16)6-7-24-19)13(3)14-8-12(2)20(25-9-14)30-11-17(22)23/h6-9,13,17H,4-5,10-11H2,1-3H3,(H,24,26,28). The fourth-order valence-electron chi connectivity index (χ4n) is 3.38. The number of aromatic nitrogens is 2. The van der Waals surface area contributed by atoms with Crippen molar-refractivity contribution in [2.75, 3.05) is 11.9 Å². The summed E-state index contributed by atoms with van der Waals surface area (Å²) in [6.07, 6.45) is 1.55. The predicted octanol–water partition coefficient (Wildman–Crippen LogP) is 3.88. The van der Waals surface area contributed by atoms with Crippen LogP contribution in [-0.2, 0) is 11.3 Å². The molecule has 2 aromatic rings. The highest BCUT2D eigenvalue weighted by Crippen LogP contribution is 2.34. The molecule has 2 aromatic heterocycles. The molecule has 9 heteroatoms. The average molecular weight is 418 g/mol. The number of aryl methyl sites for hydroxylation is 1. The molecule has 1 unspecified atom stereocenters. The summed E-state index contributed by atoms with van der Waals surface area (Å²) in [7, 11) is 0. The van der Waals surface area contributed by atoms with Crippen LogP contribution in [0.3, 0.4) is 0 Å². The van der Waals surface area contributed by atoms with Gasteiger partial charge in [0.15, 0.2) is 6.61 Å². The second-order valence-electron chi connectivity index (χ2n) is 7.19. The van der Waals surface area contributed by atoms with Gasteiger partial charge in [-0.25, -0.2) is 18.7 Å². The van der Waals surface area contributed by atoms with Crippen molar-refractivity contribution in [2.24, 2.45) is 0 Å². The van der Waals surface area contributed by atoms with E-state index in [2.05, 4.69) is 15.3 Å². The first-order valence-electron chi connectivity index (χ1n) is 9.78. The molecule has 1 aliphatic heterocycles. The molecule has 1 atom stereocenters. The van der Waals surface area contributed by atoms with Crippen molar-refractivity contribution in [1.82, 2.24) is 14.9 Å². The third kappa shape index (κ3) is 4.55. The molecule has 0 spiro atoms. The maximum Gasteiger partial charge on any atom is 0.272 e. The van der Waals surface area contributed by atoms with Crippen LogP contribution in [0.4, 0.5) is 14.6 Å². The molecule has 1 N–H and O–H groups in total. The molecule has 0 fully saturated rings. The van der Waals surface area contributed by atoms with E-state index < -0.39 is 13.0 Å². The first-order chi connectivity index (χ1) is 14.3. The van der Waals surface area contributed by atoms with Crippen LogP contribution in [0, 0.1) is 6.92 Å². The van der Waals surface area contributed by atoms with E-state index in [9.17, 15) is 18.4 Å². The summed E-state index contributed by atoms with van der Waals surface area (Å²) in [4.78, 5) is 35.0. The lowest BCUT2D eigenvalue weighted by Gasteiger charge is -2.25. The Bertz CT molecular complexity index is 952. The van der Waals surface area contributed by atoms with Gasteiger partial charge in [0.05, 0.1) is 12.6 Å². The third-order valence-corrected chi connectivity index (χ3v) is 4.96. The van der Waals surface area contributed by atoms with Gasteiger partial charge in [-0.2, -0.15) is 0 Å². The quantitative estimate of drug-likeness (QED) is 0.703. The molecular weight excluding hydrogens is 394 g/mol. The number of nitrogens with one attached hydrogen (secondary N) is 1. The lowest BCUT2D eigenvalue weighted by Crippen LogP contribution is -2.27. The summed E-state index contributed by atoms with van der Waals surface area (Å²) in [5, 5.41) is 2.78. The van der Waals surface area contributed by atoms with E-state index in [0.717, 1.165) is 5.56 Å². The summed E-state index contributed by atoms with van der Waals surface area (Å²) in [6, 6.07) is 3.10. The second-order valence-corrected chi connectivity index (χ2v) is 7.19. The number of fused-ring (bicyclic) bond motifs is 1. The molecule has 3 rings (SSSR count). The largest absolute Gasteiger partial charge is 0.471 e. The minimum atomic E-state index is -2.58. The molecule has 0 saturated carbocycles. The molecule has 0 aromatic carbocycles. The molecule has 0 bridgehead atoms. The summed E-state index contributed by atoms with van der Waals surface area (Å²) < 4.78 is 29.7. The van der Waals surface area contributed by atoms with Crippen LogP contribution in [0.2, 0.25) is 0 Å². The number of carbonyl (C=O) groups excluding carboxylic acids is 2. The van der Waals surface area contributed by atoms with Crippen molar-refractivity contribution in [1.29, 1.82) is 0 Å². The fourth-order valence-corrected chi connectivity index (χ4v) is 3.38. The highest BCUT2D eigenvalue weighted by Gasteiger charge is 2.34. The topological polar surface area (TPSA) is 84.4 Å². The molecule has 7 nitrogen and oxygen atoms in total. The van der Waals surface area contributed by atoms with E-state index in [1.807, 2.05) is 13.8 Å². The Morgan fingerprint density at radius 3 is 2.80 bits per heavy atom. The Morgan fingerprint density at radius 2 is 2.13 bits per heavy atom. The Labute approximate surface area is 173 Å². The van der Waals surface area contributed by atoms with Crippen LogP contribution >= 0.6 is 0 Å². The molecular formula is C21H24F2N4O3. The first-order valence-corrected chi connectivity index (χ1v) is 9.78. The average Bonchev–Trinajstić information content (AvgIpc) is 3.04. The van der Waals surface area contributed by atoms with Gasteiger partial charge in [-0.05, 0) is 38.0 Å². The number of ether oxygens (including phenoxy) is 1.